The van der Waals surface area contributed by atoms with Gasteiger partial charge in [-0.15, -0.1) is 0 Å². The third-order valence-electron chi connectivity index (χ3n) is 3.25. The Hall–Kier alpha value is -2.82. The molecule has 0 spiro atoms. The molecule has 2 aromatic heterocycles. The lowest BCUT2D eigenvalue weighted by Crippen LogP contribution is -2.31. The summed E-state index contributed by atoms with van der Waals surface area (Å²) in [6, 6.07) is 10.8. The third kappa shape index (κ3) is 1.99. The monoisotopic (exact) mass is 266 g/mol. The van der Waals surface area contributed by atoms with Crippen LogP contribution in [-0.4, -0.2) is 15.6 Å². The quantitative estimate of drug-likeness (QED) is 0.775. The number of aryl methyl sites for hydroxylation is 1. The van der Waals surface area contributed by atoms with E-state index in [9.17, 15) is 4.79 Å². The van der Waals surface area contributed by atoms with Gasteiger partial charge in [0.25, 0.3) is 0 Å². The standard InChI is InChI=1S/C15H14N4O/c1-18-8-6-11-4-5-12(9-14(11)18)19(15(16)20)13-3-2-7-17-10-13/h2-10H,1H3,(H2,16,20). The molecular weight excluding hydrogens is 252 g/mol. The molecule has 0 fully saturated rings. The number of pyridine rings is 1. The Balaban J connectivity index is 2.14. The molecule has 5 heteroatoms. The first-order chi connectivity index (χ1) is 9.66. The van der Waals surface area contributed by atoms with Gasteiger partial charge in [-0.05, 0) is 35.7 Å². The van der Waals surface area contributed by atoms with Gasteiger partial charge in [0.2, 0.25) is 0 Å². The topological polar surface area (TPSA) is 64.2 Å². The number of anilines is 2. The first-order valence-corrected chi connectivity index (χ1v) is 6.21. The largest absolute Gasteiger partial charge is 0.351 e. The van der Waals surface area contributed by atoms with Gasteiger partial charge < -0.3 is 10.3 Å². The van der Waals surface area contributed by atoms with E-state index in [1.807, 2.05) is 42.1 Å². The molecular formula is C15H14N4O. The van der Waals surface area contributed by atoms with Crippen LogP contribution in [0.5, 0.6) is 0 Å². The van der Waals surface area contributed by atoms with E-state index >= 15 is 0 Å². The molecule has 5 nitrogen and oxygen atoms in total. The number of amides is 2. The molecule has 0 aliphatic carbocycles. The minimum absolute atomic E-state index is 0.536. The number of aromatic nitrogens is 2. The predicted octanol–water partition coefficient (Wildman–Crippen LogP) is 2.79. The minimum Gasteiger partial charge on any atom is -0.351 e. The highest BCUT2D eigenvalue weighted by molar-refractivity contribution is 6.00. The summed E-state index contributed by atoms with van der Waals surface area (Å²) in [6.07, 6.45) is 5.25. The maximum atomic E-state index is 11.8. The molecule has 2 amide bonds. The number of hydrogen-bond acceptors (Lipinski definition) is 2. The summed E-state index contributed by atoms with van der Waals surface area (Å²) in [7, 11) is 1.96. The molecule has 0 unspecified atom stereocenters. The molecule has 0 saturated carbocycles. The first-order valence-electron chi connectivity index (χ1n) is 6.21. The van der Waals surface area contributed by atoms with Crippen molar-refractivity contribution in [1.29, 1.82) is 0 Å². The second-order valence-corrected chi connectivity index (χ2v) is 4.55. The molecule has 0 aliphatic heterocycles. The van der Waals surface area contributed by atoms with Crippen molar-refractivity contribution in [2.75, 3.05) is 4.90 Å². The average Bonchev–Trinajstić information content (AvgIpc) is 2.81. The van der Waals surface area contributed by atoms with E-state index in [2.05, 4.69) is 4.98 Å². The van der Waals surface area contributed by atoms with Gasteiger partial charge in [0.05, 0.1) is 17.6 Å². The van der Waals surface area contributed by atoms with Crippen LogP contribution in [0.2, 0.25) is 0 Å². The maximum Gasteiger partial charge on any atom is 0.323 e. The zero-order chi connectivity index (χ0) is 14.1. The van der Waals surface area contributed by atoms with Gasteiger partial charge in [-0.2, -0.15) is 0 Å². The van der Waals surface area contributed by atoms with E-state index in [0.717, 1.165) is 16.6 Å². The van der Waals surface area contributed by atoms with Crippen LogP contribution in [0.1, 0.15) is 0 Å². The van der Waals surface area contributed by atoms with Crippen LogP contribution in [0.25, 0.3) is 10.9 Å². The van der Waals surface area contributed by atoms with Gasteiger partial charge >= 0.3 is 6.03 Å². The van der Waals surface area contributed by atoms with Crippen LogP contribution < -0.4 is 10.6 Å². The number of carbonyl (C=O) groups excluding carboxylic acids is 1. The number of primary amides is 1. The summed E-state index contributed by atoms with van der Waals surface area (Å²) in [5.74, 6) is 0. The number of urea groups is 1. The molecule has 3 aromatic rings. The fourth-order valence-electron chi connectivity index (χ4n) is 2.28. The van der Waals surface area contributed by atoms with Crippen molar-refractivity contribution in [3.8, 4) is 0 Å². The van der Waals surface area contributed by atoms with Crippen molar-refractivity contribution < 1.29 is 4.79 Å². The fourth-order valence-corrected chi connectivity index (χ4v) is 2.28. The van der Waals surface area contributed by atoms with Crippen LogP contribution >= 0.6 is 0 Å². The van der Waals surface area contributed by atoms with Gasteiger partial charge in [-0.3, -0.25) is 9.88 Å². The van der Waals surface area contributed by atoms with E-state index in [1.54, 1.807) is 24.5 Å². The second kappa shape index (κ2) is 4.70. The molecule has 1 aromatic carbocycles. The molecule has 0 saturated heterocycles. The predicted molar refractivity (Wildman–Crippen MR) is 78.9 cm³/mol. The summed E-state index contributed by atoms with van der Waals surface area (Å²) < 4.78 is 2.00. The van der Waals surface area contributed by atoms with E-state index in [4.69, 9.17) is 5.73 Å². The van der Waals surface area contributed by atoms with Crippen molar-refractivity contribution in [2.24, 2.45) is 12.8 Å². The summed E-state index contributed by atoms with van der Waals surface area (Å²) in [6.45, 7) is 0. The van der Waals surface area contributed by atoms with E-state index in [-0.39, 0.29) is 0 Å². The molecule has 0 radical (unpaired) electrons. The molecule has 0 bridgehead atoms. The van der Waals surface area contributed by atoms with Crippen LogP contribution in [0.15, 0.2) is 55.0 Å². The number of fused-ring (bicyclic) bond motifs is 1. The number of nitrogens with two attached hydrogens (primary N) is 1. The van der Waals surface area contributed by atoms with Crippen LogP contribution in [0.4, 0.5) is 16.2 Å². The van der Waals surface area contributed by atoms with Crippen LogP contribution in [-0.2, 0) is 7.05 Å². The Morgan fingerprint density at radius 1 is 1.25 bits per heavy atom. The average molecular weight is 266 g/mol. The Labute approximate surface area is 116 Å². The van der Waals surface area contributed by atoms with Gasteiger partial charge in [0.15, 0.2) is 0 Å². The molecule has 0 aliphatic rings. The smallest absolute Gasteiger partial charge is 0.323 e. The van der Waals surface area contributed by atoms with Crippen molar-refractivity contribution >= 4 is 28.3 Å². The SMILES string of the molecule is Cn1ccc2ccc(N(C(N)=O)c3cccnc3)cc21. The second-order valence-electron chi connectivity index (χ2n) is 4.55. The highest BCUT2D eigenvalue weighted by atomic mass is 16.2. The number of benzene rings is 1. The zero-order valence-electron chi connectivity index (χ0n) is 11.0. The Kier molecular flexibility index (Phi) is 2.87. The first kappa shape index (κ1) is 12.2. The Bertz CT molecular complexity index is 764. The normalized spacial score (nSPS) is 10.7. The van der Waals surface area contributed by atoms with Gasteiger partial charge in [0.1, 0.15) is 0 Å². The summed E-state index contributed by atoms with van der Waals surface area (Å²) in [4.78, 5) is 17.2. The summed E-state index contributed by atoms with van der Waals surface area (Å²) in [5.41, 5.74) is 7.92. The van der Waals surface area contributed by atoms with Crippen molar-refractivity contribution in [2.45, 2.75) is 0 Å². The fraction of sp³-hybridized carbons (Fsp3) is 0.0667. The van der Waals surface area contributed by atoms with Crippen molar-refractivity contribution in [3.05, 3.63) is 55.0 Å². The van der Waals surface area contributed by atoms with E-state index in [0.29, 0.717) is 5.69 Å². The lowest BCUT2D eigenvalue weighted by molar-refractivity contribution is 0.256. The summed E-state index contributed by atoms with van der Waals surface area (Å²) in [5, 5.41) is 1.12. The Morgan fingerprint density at radius 2 is 2.10 bits per heavy atom. The number of nitrogens with zero attached hydrogens (tertiary/aromatic N) is 3. The molecule has 2 heterocycles. The maximum absolute atomic E-state index is 11.8. The molecule has 0 atom stereocenters. The Morgan fingerprint density at radius 3 is 2.80 bits per heavy atom. The highest BCUT2D eigenvalue weighted by Crippen LogP contribution is 2.28. The van der Waals surface area contributed by atoms with Gasteiger partial charge in [-0.25, -0.2) is 4.79 Å². The molecule has 100 valence electrons. The van der Waals surface area contributed by atoms with Gasteiger partial charge in [-0.1, -0.05) is 6.07 Å². The minimum atomic E-state index is -0.536. The molecule has 20 heavy (non-hydrogen) atoms. The number of hydrogen-bond donors (Lipinski definition) is 1. The lowest BCUT2D eigenvalue weighted by atomic mass is 10.2. The number of carbonyl (C=O) groups is 1. The van der Waals surface area contributed by atoms with E-state index in [1.165, 1.54) is 4.90 Å². The molecule has 3 rings (SSSR count). The number of rotatable bonds is 2. The third-order valence-corrected chi connectivity index (χ3v) is 3.25. The zero-order valence-corrected chi connectivity index (χ0v) is 11.0. The van der Waals surface area contributed by atoms with E-state index < -0.39 is 6.03 Å². The van der Waals surface area contributed by atoms with Gasteiger partial charge in [0, 0.05) is 25.0 Å². The lowest BCUT2D eigenvalue weighted by Gasteiger charge is -2.20. The van der Waals surface area contributed by atoms with Crippen molar-refractivity contribution in [3.63, 3.8) is 0 Å². The van der Waals surface area contributed by atoms with Crippen LogP contribution in [0.3, 0.4) is 0 Å². The highest BCUT2D eigenvalue weighted by Gasteiger charge is 2.15. The molecule has 2 N–H and O–H groups in total. The van der Waals surface area contributed by atoms with Crippen molar-refractivity contribution in [1.82, 2.24) is 9.55 Å². The van der Waals surface area contributed by atoms with Crippen LogP contribution in [0, 0.1) is 0 Å². The summed E-state index contributed by atoms with van der Waals surface area (Å²) >= 11 is 0.